The van der Waals surface area contributed by atoms with Gasteiger partial charge in [0, 0.05) is 23.4 Å². The van der Waals surface area contributed by atoms with Crippen molar-refractivity contribution in [2.75, 3.05) is 0 Å². The van der Waals surface area contributed by atoms with Crippen LogP contribution in [0.15, 0.2) is 17.5 Å². The van der Waals surface area contributed by atoms with Crippen molar-refractivity contribution in [1.29, 1.82) is 0 Å². The minimum absolute atomic E-state index is 0.443. The van der Waals surface area contributed by atoms with Gasteiger partial charge < -0.3 is 10.4 Å². The second kappa shape index (κ2) is 3.58. The van der Waals surface area contributed by atoms with E-state index in [0.29, 0.717) is 12.1 Å². The van der Waals surface area contributed by atoms with Gasteiger partial charge in [-0.15, -0.1) is 11.3 Å². The van der Waals surface area contributed by atoms with E-state index in [1.54, 1.807) is 11.3 Å². The number of rotatable bonds is 2. The fourth-order valence-corrected chi connectivity index (χ4v) is 3.95. The lowest BCUT2D eigenvalue weighted by atomic mass is 9.84. The van der Waals surface area contributed by atoms with Crippen LogP contribution < -0.4 is 5.32 Å². The molecule has 3 heterocycles. The minimum Gasteiger partial charge on any atom is -0.389 e. The van der Waals surface area contributed by atoms with E-state index >= 15 is 0 Å². The molecule has 3 heteroatoms. The molecule has 2 bridgehead atoms. The molecule has 2 unspecified atom stereocenters. The maximum absolute atomic E-state index is 10.6. The topological polar surface area (TPSA) is 32.3 Å². The molecule has 0 spiro atoms. The van der Waals surface area contributed by atoms with Crippen LogP contribution in [0.25, 0.3) is 0 Å². The molecule has 1 aromatic heterocycles. The van der Waals surface area contributed by atoms with Crippen molar-refractivity contribution >= 4 is 11.3 Å². The summed E-state index contributed by atoms with van der Waals surface area (Å²) in [4.78, 5) is 1.32. The molecule has 82 valence electrons. The van der Waals surface area contributed by atoms with Crippen molar-refractivity contribution in [3.05, 3.63) is 22.4 Å². The van der Waals surface area contributed by atoms with Gasteiger partial charge in [-0.1, -0.05) is 6.07 Å². The molecular weight excluding hydrogens is 206 g/mol. The first-order valence-electron chi connectivity index (χ1n) is 5.74. The molecule has 0 saturated carbocycles. The van der Waals surface area contributed by atoms with Crippen molar-refractivity contribution in [2.24, 2.45) is 0 Å². The Morgan fingerprint density at radius 1 is 1.40 bits per heavy atom. The van der Waals surface area contributed by atoms with Crippen LogP contribution in [0.4, 0.5) is 0 Å². The van der Waals surface area contributed by atoms with Crippen LogP contribution in [-0.4, -0.2) is 22.8 Å². The molecule has 2 atom stereocenters. The summed E-state index contributed by atoms with van der Waals surface area (Å²) in [7, 11) is 0. The molecule has 2 aliphatic heterocycles. The zero-order valence-electron chi connectivity index (χ0n) is 8.78. The molecular formula is C12H17NOS. The molecule has 2 nitrogen and oxygen atoms in total. The number of hydrogen-bond acceptors (Lipinski definition) is 3. The lowest BCUT2D eigenvalue weighted by Crippen LogP contribution is -2.49. The summed E-state index contributed by atoms with van der Waals surface area (Å²) in [6, 6.07) is 5.33. The van der Waals surface area contributed by atoms with Crippen molar-refractivity contribution in [1.82, 2.24) is 5.32 Å². The normalized spacial score (nSPS) is 39.5. The van der Waals surface area contributed by atoms with Gasteiger partial charge in [-0.05, 0) is 37.1 Å². The van der Waals surface area contributed by atoms with Crippen LogP contribution in [0.5, 0.6) is 0 Å². The first-order chi connectivity index (χ1) is 7.23. The van der Waals surface area contributed by atoms with Crippen molar-refractivity contribution in [3.63, 3.8) is 0 Å². The SMILES string of the molecule is OC1(Cc2cccs2)CC2CCC(C1)N2. The fraction of sp³-hybridized carbons (Fsp3) is 0.667. The first-order valence-corrected chi connectivity index (χ1v) is 6.62. The molecule has 0 amide bonds. The molecule has 15 heavy (non-hydrogen) atoms. The van der Waals surface area contributed by atoms with Gasteiger partial charge in [-0.2, -0.15) is 0 Å². The van der Waals surface area contributed by atoms with Crippen molar-refractivity contribution in [3.8, 4) is 0 Å². The lowest BCUT2D eigenvalue weighted by molar-refractivity contribution is -0.00542. The highest BCUT2D eigenvalue weighted by Crippen LogP contribution is 2.36. The summed E-state index contributed by atoms with van der Waals surface area (Å²) in [5.41, 5.74) is -0.443. The maximum Gasteiger partial charge on any atom is 0.0725 e. The van der Waals surface area contributed by atoms with Crippen LogP contribution in [-0.2, 0) is 6.42 Å². The molecule has 2 aliphatic rings. The van der Waals surface area contributed by atoms with E-state index in [1.807, 2.05) is 0 Å². The van der Waals surface area contributed by atoms with Crippen LogP contribution in [0.2, 0.25) is 0 Å². The molecule has 3 rings (SSSR count). The molecule has 0 aliphatic carbocycles. The van der Waals surface area contributed by atoms with Crippen LogP contribution in [0.1, 0.15) is 30.6 Å². The van der Waals surface area contributed by atoms with Crippen LogP contribution in [0, 0.1) is 0 Å². The summed E-state index contributed by atoms with van der Waals surface area (Å²) >= 11 is 1.76. The Kier molecular flexibility index (Phi) is 2.34. The van der Waals surface area contributed by atoms with Crippen LogP contribution in [0.3, 0.4) is 0 Å². The van der Waals surface area contributed by atoms with E-state index in [9.17, 15) is 5.11 Å². The Morgan fingerprint density at radius 3 is 2.73 bits per heavy atom. The van der Waals surface area contributed by atoms with E-state index < -0.39 is 5.60 Å². The van der Waals surface area contributed by atoms with E-state index in [0.717, 1.165) is 19.3 Å². The largest absolute Gasteiger partial charge is 0.389 e. The number of aliphatic hydroxyl groups is 1. The zero-order valence-corrected chi connectivity index (χ0v) is 9.59. The summed E-state index contributed by atoms with van der Waals surface area (Å²) in [6.45, 7) is 0. The second-order valence-corrected chi connectivity index (χ2v) is 6.06. The second-order valence-electron chi connectivity index (χ2n) is 5.03. The van der Waals surface area contributed by atoms with Gasteiger partial charge in [0.05, 0.1) is 5.60 Å². The van der Waals surface area contributed by atoms with Crippen LogP contribution >= 0.6 is 11.3 Å². The monoisotopic (exact) mass is 223 g/mol. The van der Waals surface area contributed by atoms with Gasteiger partial charge >= 0.3 is 0 Å². The van der Waals surface area contributed by atoms with Crippen molar-refractivity contribution in [2.45, 2.75) is 49.8 Å². The minimum atomic E-state index is -0.443. The average molecular weight is 223 g/mol. The van der Waals surface area contributed by atoms with Gasteiger partial charge in [0.15, 0.2) is 0 Å². The van der Waals surface area contributed by atoms with Gasteiger partial charge in [0.1, 0.15) is 0 Å². The quantitative estimate of drug-likeness (QED) is 0.803. The molecule has 2 N–H and O–H groups in total. The smallest absolute Gasteiger partial charge is 0.0725 e. The summed E-state index contributed by atoms with van der Waals surface area (Å²) < 4.78 is 0. The summed E-state index contributed by atoms with van der Waals surface area (Å²) in [6.07, 6.45) is 5.21. The summed E-state index contributed by atoms with van der Waals surface area (Å²) in [5, 5.41) is 16.3. The maximum atomic E-state index is 10.6. The number of piperidine rings is 1. The average Bonchev–Trinajstić information content (AvgIpc) is 2.76. The standard InChI is InChI=1S/C12H17NOS/c14-12(8-11-2-1-5-15-11)6-9-3-4-10(7-12)13-9/h1-2,5,9-10,13-14H,3-4,6-8H2. The van der Waals surface area contributed by atoms with E-state index in [2.05, 4.69) is 22.8 Å². The Hall–Kier alpha value is -0.380. The third-order valence-corrected chi connectivity index (χ3v) is 4.55. The highest BCUT2D eigenvalue weighted by Gasteiger charge is 2.42. The van der Waals surface area contributed by atoms with Crippen molar-refractivity contribution < 1.29 is 5.11 Å². The highest BCUT2D eigenvalue weighted by atomic mass is 32.1. The Bertz CT molecular complexity index is 323. The number of thiophene rings is 1. The molecule has 0 radical (unpaired) electrons. The molecule has 1 aromatic rings. The third kappa shape index (κ3) is 1.96. The molecule has 2 fully saturated rings. The number of hydrogen-bond donors (Lipinski definition) is 2. The van der Waals surface area contributed by atoms with E-state index in [-0.39, 0.29) is 0 Å². The first kappa shape index (κ1) is 9.82. The lowest BCUT2D eigenvalue weighted by Gasteiger charge is -2.37. The van der Waals surface area contributed by atoms with Gasteiger partial charge in [0.25, 0.3) is 0 Å². The molecule has 0 aromatic carbocycles. The zero-order chi connectivity index (χ0) is 10.3. The van der Waals surface area contributed by atoms with E-state index in [1.165, 1.54) is 17.7 Å². The Balaban J connectivity index is 1.74. The van der Waals surface area contributed by atoms with Gasteiger partial charge in [-0.3, -0.25) is 0 Å². The summed E-state index contributed by atoms with van der Waals surface area (Å²) in [5.74, 6) is 0. The predicted molar refractivity (Wildman–Crippen MR) is 62.2 cm³/mol. The predicted octanol–water partition coefficient (Wildman–Crippen LogP) is 1.94. The number of nitrogens with one attached hydrogen (secondary N) is 1. The number of fused-ring (bicyclic) bond motifs is 2. The van der Waals surface area contributed by atoms with E-state index in [4.69, 9.17) is 0 Å². The third-order valence-electron chi connectivity index (χ3n) is 3.67. The van der Waals surface area contributed by atoms with Gasteiger partial charge in [-0.25, -0.2) is 0 Å². The Morgan fingerprint density at radius 2 is 2.13 bits per heavy atom. The van der Waals surface area contributed by atoms with Gasteiger partial charge in [0.2, 0.25) is 0 Å². The fourth-order valence-electron chi connectivity index (χ4n) is 3.11. The highest BCUT2D eigenvalue weighted by molar-refractivity contribution is 7.09. The molecule has 2 saturated heterocycles. The Labute approximate surface area is 94.3 Å².